The second-order valence-corrected chi connectivity index (χ2v) is 13.7. The Bertz CT molecular complexity index is 2360. The summed E-state index contributed by atoms with van der Waals surface area (Å²) in [4.78, 5) is 2.45. The molecule has 0 spiro atoms. The van der Waals surface area contributed by atoms with E-state index in [9.17, 15) is 0 Å². The molecule has 6 aromatic carbocycles. The molecule has 0 saturated carbocycles. The summed E-state index contributed by atoms with van der Waals surface area (Å²) in [6.45, 7) is 8.38. The van der Waals surface area contributed by atoms with Crippen molar-refractivity contribution >= 4 is 11.4 Å². The highest BCUT2D eigenvalue weighted by Gasteiger charge is 2.40. The third kappa shape index (κ3) is 4.81. The number of fused-ring (bicyclic) bond motifs is 6. The summed E-state index contributed by atoms with van der Waals surface area (Å²) >= 11 is 0. The molecule has 1 aliphatic carbocycles. The van der Waals surface area contributed by atoms with Crippen molar-refractivity contribution in [1.82, 2.24) is 0 Å². The molecule has 2 aliphatic heterocycles. The van der Waals surface area contributed by atoms with E-state index in [0.717, 1.165) is 51.7 Å². The highest BCUT2D eigenvalue weighted by molar-refractivity contribution is 5.91. The summed E-state index contributed by atoms with van der Waals surface area (Å²) in [5, 5.41) is 0. The van der Waals surface area contributed by atoms with Crippen LogP contribution in [-0.4, -0.2) is 0 Å². The molecule has 3 heteroatoms. The van der Waals surface area contributed by atoms with Crippen molar-refractivity contribution in [3.63, 3.8) is 0 Å². The van der Waals surface area contributed by atoms with E-state index in [4.69, 9.17) is 9.47 Å². The standard InChI is InChI=1S/C47H37NO2/c1-4-5-7-15-31-16-12-21-35(28-31)48-40(32-17-8-6-9-18-32)30-41(48)34-20-13-19-33(29-34)36-23-14-25-42-45(36)49-43-27-26-39-44(46(43)50-42)37-22-10-11-24-38(37)47(39,2)3/h4-14,16-30,40H,1,15H2,2-3H3/b7-5-. The molecule has 3 nitrogen and oxygen atoms in total. The van der Waals surface area contributed by atoms with Gasteiger partial charge in [0.2, 0.25) is 0 Å². The van der Waals surface area contributed by atoms with Crippen molar-refractivity contribution in [3.05, 3.63) is 192 Å². The molecule has 0 fully saturated rings. The van der Waals surface area contributed by atoms with Crippen LogP contribution in [0, 0.1) is 0 Å². The molecule has 242 valence electrons. The second kappa shape index (κ2) is 11.8. The number of allylic oxidation sites excluding steroid dienone is 3. The third-order valence-electron chi connectivity index (χ3n) is 10.3. The molecule has 0 aromatic heterocycles. The normalized spacial score (nSPS) is 16.2. The molecule has 50 heavy (non-hydrogen) atoms. The van der Waals surface area contributed by atoms with E-state index < -0.39 is 0 Å². The molecule has 1 unspecified atom stereocenters. The van der Waals surface area contributed by atoms with Crippen LogP contribution in [0.15, 0.2) is 164 Å². The third-order valence-corrected chi connectivity index (χ3v) is 10.3. The van der Waals surface area contributed by atoms with E-state index in [2.05, 4.69) is 165 Å². The topological polar surface area (TPSA) is 21.7 Å². The highest BCUT2D eigenvalue weighted by atomic mass is 16.6. The second-order valence-electron chi connectivity index (χ2n) is 13.7. The molecule has 2 heterocycles. The van der Waals surface area contributed by atoms with Crippen molar-refractivity contribution in [1.29, 1.82) is 0 Å². The minimum atomic E-state index is -0.111. The molecule has 3 aliphatic rings. The van der Waals surface area contributed by atoms with Crippen LogP contribution in [-0.2, 0) is 11.8 Å². The Morgan fingerprint density at radius 1 is 0.680 bits per heavy atom. The molecule has 0 bridgehead atoms. The van der Waals surface area contributed by atoms with E-state index in [1.807, 2.05) is 18.2 Å². The molecule has 0 amide bonds. The predicted molar refractivity (Wildman–Crippen MR) is 205 cm³/mol. The highest BCUT2D eigenvalue weighted by Crippen LogP contribution is 2.59. The Hall–Kier alpha value is -6.06. The van der Waals surface area contributed by atoms with Gasteiger partial charge in [0.15, 0.2) is 23.0 Å². The first-order chi connectivity index (χ1) is 24.5. The zero-order valence-corrected chi connectivity index (χ0v) is 28.3. The Morgan fingerprint density at radius 3 is 2.30 bits per heavy atom. The molecular weight excluding hydrogens is 611 g/mol. The molecule has 1 atom stereocenters. The van der Waals surface area contributed by atoms with Crippen molar-refractivity contribution in [3.8, 4) is 45.3 Å². The number of hydrogen-bond donors (Lipinski definition) is 0. The summed E-state index contributed by atoms with van der Waals surface area (Å²) in [5.74, 6) is 3.01. The maximum absolute atomic E-state index is 6.77. The molecule has 0 N–H and O–H groups in total. The van der Waals surface area contributed by atoms with Gasteiger partial charge in [-0.25, -0.2) is 0 Å². The van der Waals surface area contributed by atoms with Gasteiger partial charge in [-0.1, -0.05) is 142 Å². The van der Waals surface area contributed by atoms with Crippen molar-refractivity contribution < 1.29 is 9.47 Å². The maximum Gasteiger partial charge on any atom is 0.178 e. The molecule has 0 radical (unpaired) electrons. The number of ether oxygens (including phenoxy) is 2. The number of nitrogens with zero attached hydrogens (tertiary/aromatic N) is 1. The van der Waals surface area contributed by atoms with Gasteiger partial charge in [-0.3, -0.25) is 0 Å². The van der Waals surface area contributed by atoms with Gasteiger partial charge in [-0.15, -0.1) is 0 Å². The quantitative estimate of drug-likeness (QED) is 0.161. The Kier molecular flexibility index (Phi) is 7.10. The molecule has 6 aromatic rings. The van der Waals surface area contributed by atoms with Crippen molar-refractivity contribution in [2.24, 2.45) is 0 Å². The largest absolute Gasteiger partial charge is 0.449 e. The number of anilines is 1. The van der Waals surface area contributed by atoms with Gasteiger partial charge in [0.1, 0.15) is 0 Å². The summed E-state index contributed by atoms with van der Waals surface area (Å²) in [7, 11) is 0. The van der Waals surface area contributed by atoms with Crippen LogP contribution in [0.3, 0.4) is 0 Å². The van der Waals surface area contributed by atoms with E-state index in [1.165, 1.54) is 39.2 Å². The first kappa shape index (κ1) is 30.0. The van der Waals surface area contributed by atoms with E-state index in [-0.39, 0.29) is 11.5 Å². The number of benzene rings is 6. The first-order valence-electron chi connectivity index (χ1n) is 17.3. The summed E-state index contributed by atoms with van der Waals surface area (Å²) in [6, 6.07) is 47.6. The minimum absolute atomic E-state index is 0.111. The lowest BCUT2D eigenvalue weighted by atomic mass is 9.82. The van der Waals surface area contributed by atoms with Gasteiger partial charge in [0.25, 0.3) is 0 Å². The van der Waals surface area contributed by atoms with Crippen LogP contribution in [0.4, 0.5) is 5.69 Å². The zero-order chi connectivity index (χ0) is 33.8. The fourth-order valence-electron chi connectivity index (χ4n) is 7.86. The van der Waals surface area contributed by atoms with Crippen LogP contribution in [0.1, 0.15) is 47.7 Å². The van der Waals surface area contributed by atoms with E-state index in [1.54, 1.807) is 0 Å². The average Bonchev–Trinajstić information content (AvgIpc) is 3.37. The molecular formula is C47H37NO2. The number of rotatable bonds is 7. The lowest BCUT2D eigenvalue weighted by Crippen LogP contribution is -2.34. The van der Waals surface area contributed by atoms with Gasteiger partial charge in [0.05, 0.1) is 6.04 Å². The smallest absolute Gasteiger partial charge is 0.178 e. The van der Waals surface area contributed by atoms with Gasteiger partial charge >= 0.3 is 0 Å². The van der Waals surface area contributed by atoms with Gasteiger partial charge in [0, 0.05) is 27.9 Å². The van der Waals surface area contributed by atoms with Crippen molar-refractivity contribution in [2.75, 3.05) is 4.90 Å². The fourth-order valence-corrected chi connectivity index (χ4v) is 7.86. The molecule has 0 saturated heterocycles. The Morgan fingerprint density at radius 2 is 1.42 bits per heavy atom. The van der Waals surface area contributed by atoms with Crippen LogP contribution >= 0.6 is 0 Å². The predicted octanol–water partition coefficient (Wildman–Crippen LogP) is 12.4. The van der Waals surface area contributed by atoms with Crippen LogP contribution in [0.5, 0.6) is 23.0 Å². The maximum atomic E-state index is 6.77. The first-order valence-corrected chi connectivity index (χ1v) is 17.3. The van der Waals surface area contributed by atoms with Crippen LogP contribution in [0.2, 0.25) is 0 Å². The molecule has 9 rings (SSSR count). The van der Waals surface area contributed by atoms with Crippen LogP contribution in [0.25, 0.3) is 28.0 Å². The Balaban J connectivity index is 1.08. The SMILES string of the molecule is C=C/C=C\Cc1cccc(N2C(c3cccc(-c4cccc5c4Oc4ccc6c(c4O5)-c4ccccc4C6(C)C)c3)=CC2c2ccccc2)c1. The zero-order valence-electron chi connectivity index (χ0n) is 28.3. The monoisotopic (exact) mass is 647 g/mol. The summed E-state index contributed by atoms with van der Waals surface area (Å²) in [5.41, 5.74) is 12.9. The Labute approximate surface area is 294 Å². The minimum Gasteiger partial charge on any atom is -0.449 e. The lowest BCUT2D eigenvalue weighted by molar-refractivity contribution is 0.361. The van der Waals surface area contributed by atoms with Gasteiger partial charge < -0.3 is 14.4 Å². The van der Waals surface area contributed by atoms with Crippen LogP contribution < -0.4 is 14.4 Å². The summed E-state index contributed by atoms with van der Waals surface area (Å²) in [6.07, 6.45) is 9.20. The number of para-hydroxylation sites is 1. The lowest BCUT2D eigenvalue weighted by Gasteiger charge is -2.43. The van der Waals surface area contributed by atoms with E-state index in [0.29, 0.717) is 0 Å². The summed E-state index contributed by atoms with van der Waals surface area (Å²) < 4.78 is 13.5. The van der Waals surface area contributed by atoms with Gasteiger partial charge in [-0.2, -0.15) is 0 Å². The van der Waals surface area contributed by atoms with E-state index >= 15 is 0 Å². The fraction of sp³-hybridized carbons (Fsp3) is 0.106. The average molecular weight is 648 g/mol. The van der Waals surface area contributed by atoms with Crippen molar-refractivity contribution in [2.45, 2.75) is 31.7 Å². The number of hydrogen-bond acceptors (Lipinski definition) is 3. The van der Waals surface area contributed by atoms with Gasteiger partial charge in [-0.05, 0) is 81.8 Å².